The zero-order valence-electron chi connectivity index (χ0n) is 20.5. The Morgan fingerprint density at radius 1 is 1.17 bits per heavy atom. The van der Waals surface area contributed by atoms with Gasteiger partial charge in [-0.25, -0.2) is 0 Å². The van der Waals surface area contributed by atoms with Gasteiger partial charge < -0.3 is 15.2 Å². The molecule has 2 aromatic carbocycles. The van der Waals surface area contributed by atoms with Crippen molar-refractivity contribution < 1.29 is 14.1 Å². The number of rotatable bonds is 6. The molecule has 1 aliphatic rings. The third-order valence-corrected chi connectivity index (χ3v) is 6.34. The molecule has 3 aromatic rings. The van der Waals surface area contributed by atoms with Crippen molar-refractivity contribution in [2.24, 2.45) is 5.92 Å². The van der Waals surface area contributed by atoms with Crippen molar-refractivity contribution in [2.75, 3.05) is 18.4 Å². The van der Waals surface area contributed by atoms with Crippen LogP contribution >= 0.6 is 23.2 Å². The number of anilines is 1. The molecule has 190 valence electrons. The van der Waals surface area contributed by atoms with Gasteiger partial charge in [-0.1, -0.05) is 40.5 Å². The minimum atomic E-state index is -0.383. The number of aromatic nitrogens is 2. The summed E-state index contributed by atoms with van der Waals surface area (Å²) in [5.74, 6) is 0.265. The first-order valence-electron chi connectivity index (χ1n) is 11.8. The smallest absolute Gasteiger partial charge is 0.253 e. The standard InChI is InChI=1S/C26H29Cl2N5O3/c1-26(2,3)31-25(35)19-8-4-5-9-21(19)29-24(34)16-7-6-12-33(14-16)15-22-30-23(32-36-22)18-11-10-17(27)13-20(18)28/h4-5,8-11,13,16H,6-7,12,14-15H2,1-3H3,(H,29,34)(H,31,35). The molecule has 0 aliphatic carbocycles. The summed E-state index contributed by atoms with van der Waals surface area (Å²) in [5.41, 5.74) is 1.20. The number of para-hydroxylation sites is 1. The molecule has 1 fully saturated rings. The molecule has 2 amide bonds. The minimum absolute atomic E-state index is 0.116. The number of piperidine rings is 1. The van der Waals surface area contributed by atoms with Crippen molar-refractivity contribution in [1.29, 1.82) is 0 Å². The molecule has 0 saturated carbocycles. The van der Waals surface area contributed by atoms with Gasteiger partial charge in [0, 0.05) is 22.7 Å². The lowest BCUT2D eigenvalue weighted by atomic mass is 9.96. The summed E-state index contributed by atoms with van der Waals surface area (Å²) in [5, 5.41) is 10.9. The number of benzene rings is 2. The number of amides is 2. The first-order chi connectivity index (χ1) is 17.1. The second-order valence-corrected chi connectivity index (χ2v) is 10.8. The molecule has 8 nitrogen and oxygen atoms in total. The molecule has 10 heteroatoms. The molecule has 0 bridgehead atoms. The van der Waals surface area contributed by atoms with Gasteiger partial charge in [0.15, 0.2) is 0 Å². The Bertz CT molecular complexity index is 1250. The summed E-state index contributed by atoms with van der Waals surface area (Å²) < 4.78 is 5.44. The highest BCUT2D eigenvalue weighted by Crippen LogP contribution is 2.29. The second kappa shape index (κ2) is 11.0. The van der Waals surface area contributed by atoms with E-state index in [1.54, 1.807) is 42.5 Å². The fourth-order valence-electron chi connectivity index (χ4n) is 4.14. The quantitative estimate of drug-likeness (QED) is 0.442. The van der Waals surface area contributed by atoms with E-state index in [2.05, 4.69) is 25.7 Å². The maximum absolute atomic E-state index is 13.1. The summed E-state index contributed by atoms with van der Waals surface area (Å²) in [6, 6.07) is 12.1. The molecule has 1 unspecified atom stereocenters. The average molecular weight is 530 g/mol. The van der Waals surface area contributed by atoms with Gasteiger partial charge in [0.25, 0.3) is 5.91 Å². The van der Waals surface area contributed by atoms with Crippen LogP contribution in [0.4, 0.5) is 5.69 Å². The van der Waals surface area contributed by atoms with Gasteiger partial charge in [-0.3, -0.25) is 14.5 Å². The molecular weight excluding hydrogens is 501 g/mol. The predicted octanol–water partition coefficient (Wildman–Crippen LogP) is 5.42. The highest BCUT2D eigenvalue weighted by molar-refractivity contribution is 6.36. The Morgan fingerprint density at radius 3 is 2.69 bits per heavy atom. The number of halogens is 2. The summed E-state index contributed by atoms with van der Waals surface area (Å²) in [4.78, 5) is 32.4. The van der Waals surface area contributed by atoms with Gasteiger partial charge >= 0.3 is 0 Å². The molecule has 2 heterocycles. The van der Waals surface area contributed by atoms with Crippen LogP contribution in [0, 0.1) is 5.92 Å². The lowest BCUT2D eigenvalue weighted by molar-refractivity contribution is -0.121. The van der Waals surface area contributed by atoms with Gasteiger partial charge in [-0.05, 0) is 70.5 Å². The minimum Gasteiger partial charge on any atom is -0.347 e. The van der Waals surface area contributed by atoms with Crippen LogP contribution in [0.3, 0.4) is 0 Å². The lowest BCUT2D eigenvalue weighted by Crippen LogP contribution is -2.42. The van der Waals surface area contributed by atoms with Gasteiger partial charge in [-0.15, -0.1) is 0 Å². The first-order valence-corrected chi connectivity index (χ1v) is 12.6. The SMILES string of the molecule is CC(C)(C)NC(=O)c1ccccc1NC(=O)C1CCCN(Cc2nc(-c3ccc(Cl)cc3Cl)no2)C1. The maximum atomic E-state index is 13.1. The van der Waals surface area contributed by atoms with Crippen LogP contribution in [0.2, 0.25) is 10.0 Å². The molecule has 1 saturated heterocycles. The van der Waals surface area contributed by atoms with Gasteiger partial charge in [0.1, 0.15) is 0 Å². The highest BCUT2D eigenvalue weighted by atomic mass is 35.5. The van der Waals surface area contributed by atoms with Crippen LogP contribution in [0.5, 0.6) is 0 Å². The molecular formula is C26H29Cl2N5O3. The third kappa shape index (κ3) is 6.63. The molecule has 36 heavy (non-hydrogen) atoms. The number of carbonyl (C=O) groups excluding carboxylic acids is 2. The van der Waals surface area contributed by atoms with E-state index in [0.29, 0.717) is 51.7 Å². The van der Waals surface area contributed by atoms with E-state index in [-0.39, 0.29) is 23.3 Å². The Balaban J connectivity index is 1.39. The van der Waals surface area contributed by atoms with E-state index in [1.165, 1.54) is 0 Å². The maximum Gasteiger partial charge on any atom is 0.253 e. The summed E-state index contributed by atoms with van der Waals surface area (Å²) in [7, 11) is 0. The van der Waals surface area contributed by atoms with E-state index in [4.69, 9.17) is 27.7 Å². The molecule has 0 radical (unpaired) electrons. The van der Waals surface area contributed by atoms with E-state index >= 15 is 0 Å². The van der Waals surface area contributed by atoms with Gasteiger partial charge in [0.2, 0.25) is 17.6 Å². The fourth-order valence-corrected chi connectivity index (χ4v) is 4.63. The largest absolute Gasteiger partial charge is 0.347 e. The number of likely N-dealkylation sites (tertiary alicyclic amines) is 1. The number of hydrogen-bond acceptors (Lipinski definition) is 6. The predicted molar refractivity (Wildman–Crippen MR) is 140 cm³/mol. The monoisotopic (exact) mass is 529 g/mol. The molecule has 2 N–H and O–H groups in total. The molecule has 1 aliphatic heterocycles. The Kier molecular flexibility index (Phi) is 7.97. The molecule has 4 rings (SSSR count). The average Bonchev–Trinajstić information content (AvgIpc) is 3.26. The van der Waals surface area contributed by atoms with E-state index in [1.807, 2.05) is 20.8 Å². The van der Waals surface area contributed by atoms with Gasteiger partial charge in [-0.2, -0.15) is 4.98 Å². The van der Waals surface area contributed by atoms with E-state index < -0.39 is 0 Å². The number of hydrogen-bond donors (Lipinski definition) is 2. The van der Waals surface area contributed by atoms with Crippen LogP contribution in [-0.2, 0) is 11.3 Å². The van der Waals surface area contributed by atoms with Crippen molar-refractivity contribution in [3.05, 3.63) is 64.0 Å². The van der Waals surface area contributed by atoms with Crippen LogP contribution < -0.4 is 10.6 Å². The van der Waals surface area contributed by atoms with Crippen molar-refractivity contribution >= 4 is 40.7 Å². The molecule has 1 aromatic heterocycles. The van der Waals surface area contributed by atoms with Crippen LogP contribution in [0.15, 0.2) is 47.0 Å². The summed E-state index contributed by atoms with van der Waals surface area (Å²) >= 11 is 12.2. The third-order valence-electron chi connectivity index (χ3n) is 5.79. The number of nitrogens with one attached hydrogen (secondary N) is 2. The number of nitrogens with zero attached hydrogens (tertiary/aromatic N) is 3. The highest BCUT2D eigenvalue weighted by Gasteiger charge is 2.28. The second-order valence-electron chi connectivity index (χ2n) is 9.95. The topological polar surface area (TPSA) is 100 Å². The van der Waals surface area contributed by atoms with Crippen molar-refractivity contribution in [2.45, 2.75) is 45.7 Å². The van der Waals surface area contributed by atoms with Crippen LogP contribution in [0.1, 0.15) is 49.9 Å². The zero-order valence-corrected chi connectivity index (χ0v) is 22.0. The normalized spacial score (nSPS) is 16.5. The fraction of sp³-hybridized carbons (Fsp3) is 0.385. The van der Waals surface area contributed by atoms with Crippen molar-refractivity contribution in [1.82, 2.24) is 20.4 Å². The van der Waals surface area contributed by atoms with E-state index in [0.717, 1.165) is 19.4 Å². The summed E-state index contributed by atoms with van der Waals surface area (Å²) in [6.07, 6.45) is 1.61. The first kappa shape index (κ1) is 26.1. The van der Waals surface area contributed by atoms with E-state index in [9.17, 15) is 9.59 Å². The molecule has 0 spiro atoms. The lowest BCUT2D eigenvalue weighted by Gasteiger charge is -2.31. The summed E-state index contributed by atoms with van der Waals surface area (Å²) in [6.45, 7) is 7.53. The molecule has 1 atom stereocenters. The Labute approximate surface area is 220 Å². The van der Waals surface area contributed by atoms with Crippen molar-refractivity contribution in [3.8, 4) is 11.4 Å². The van der Waals surface area contributed by atoms with Gasteiger partial charge in [0.05, 0.1) is 28.7 Å². The van der Waals surface area contributed by atoms with Crippen molar-refractivity contribution in [3.63, 3.8) is 0 Å². The Hall–Kier alpha value is -2.94. The Morgan fingerprint density at radius 2 is 1.94 bits per heavy atom. The van der Waals surface area contributed by atoms with Crippen LogP contribution in [-0.4, -0.2) is 45.5 Å². The number of carbonyl (C=O) groups is 2. The van der Waals surface area contributed by atoms with Crippen LogP contribution in [0.25, 0.3) is 11.4 Å². The zero-order chi connectivity index (χ0) is 25.9.